The van der Waals surface area contributed by atoms with Crippen LogP contribution >= 0.6 is 0 Å². The zero-order valence-electron chi connectivity index (χ0n) is 12.6. The van der Waals surface area contributed by atoms with E-state index in [0.29, 0.717) is 5.82 Å². The van der Waals surface area contributed by atoms with Crippen LogP contribution in [0.15, 0.2) is 48.5 Å². The standard InChI is InChI=1S/C18H19N3/c1-12-9-13(2)11-16(10-12)21-18(19)17(14(3)20-21)15-7-5-4-6-8-15/h4-11H,19H2,1-3H3. The number of rotatable bonds is 2. The fourth-order valence-corrected chi connectivity index (χ4v) is 2.78. The summed E-state index contributed by atoms with van der Waals surface area (Å²) < 4.78 is 1.83. The Hall–Kier alpha value is -2.55. The predicted octanol–water partition coefficient (Wildman–Crippen LogP) is 4.05. The number of nitrogen functional groups attached to an aromatic ring is 1. The van der Waals surface area contributed by atoms with Crippen molar-refractivity contribution >= 4 is 5.82 Å². The minimum absolute atomic E-state index is 0.684. The van der Waals surface area contributed by atoms with Gasteiger partial charge in [-0.3, -0.25) is 0 Å². The van der Waals surface area contributed by atoms with E-state index in [4.69, 9.17) is 5.73 Å². The molecule has 1 aromatic heterocycles. The van der Waals surface area contributed by atoms with Crippen LogP contribution in [0.4, 0.5) is 5.82 Å². The molecule has 0 saturated heterocycles. The number of nitrogens with zero attached hydrogens (tertiary/aromatic N) is 2. The molecule has 0 saturated carbocycles. The summed E-state index contributed by atoms with van der Waals surface area (Å²) in [5.74, 6) is 0.684. The highest BCUT2D eigenvalue weighted by Crippen LogP contribution is 2.31. The summed E-state index contributed by atoms with van der Waals surface area (Å²) in [6, 6.07) is 16.5. The Kier molecular flexibility index (Phi) is 3.26. The number of benzene rings is 2. The molecule has 1 heterocycles. The van der Waals surface area contributed by atoms with Crippen molar-refractivity contribution in [2.24, 2.45) is 0 Å². The Bertz CT molecular complexity index is 765. The third kappa shape index (κ3) is 2.42. The van der Waals surface area contributed by atoms with E-state index in [9.17, 15) is 0 Å². The zero-order valence-corrected chi connectivity index (χ0v) is 12.6. The Labute approximate surface area is 125 Å². The van der Waals surface area contributed by atoms with E-state index < -0.39 is 0 Å². The van der Waals surface area contributed by atoms with Crippen molar-refractivity contribution in [3.63, 3.8) is 0 Å². The predicted molar refractivity (Wildman–Crippen MR) is 87.6 cm³/mol. The zero-order chi connectivity index (χ0) is 15.0. The molecule has 2 N–H and O–H groups in total. The molecule has 3 heteroatoms. The number of hydrogen-bond acceptors (Lipinski definition) is 2. The van der Waals surface area contributed by atoms with E-state index in [1.165, 1.54) is 11.1 Å². The van der Waals surface area contributed by atoms with Crippen molar-refractivity contribution in [2.75, 3.05) is 5.73 Å². The molecule has 0 aliphatic rings. The van der Waals surface area contributed by atoms with Gasteiger partial charge in [-0.15, -0.1) is 0 Å². The smallest absolute Gasteiger partial charge is 0.135 e. The van der Waals surface area contributed by atoms with E-state index in [2.05, 4.69) is 49.3 Å². The summed E-state index contributed by atoms with van der Waals surface area (Å²) >= 11 is 0. The van der Waals surface area contributed by atoms with Crippen LogP contribution in [0.2, 0.25) is 0 Å². The second kappa shape index (κ2) is 5.09. The van der Waals surface area contributed by atoms with Crippen LogP contribution in [0, 0.1) is 20.8 Å². The molecule has 106 valence electrons. The van der Waals surface area contributed by atoms with Gasteiger partial charge < -0.3 is 5.73 Å². The molecule has 0 fully saturated rings. The van der Waals surface area contributed by atoms with Crippen molar-refractivity contribution in [1.82, 2.24) is 9.78 Å². The van der Waals surface area contributed by atoms with E-state index in [0.717, 1.165) is 22.5 Å². The fourth-order valence-electron chi connectivity index (χ4n) is 2.78. The van der Waals surface area contributed by atoms with Crippen LogP contribution in [0.5, 0.6) is 0 Å². The summed E-state index contributed by atoms with van der Waals surface area (Å²) in [5.41, 5.74) is 12.8. The molecule has 21 heavy (non-hydrogen) atoms. The molecule has 3 aromatic rings. The van der Waals surface area contributed by atoms with E-state index in [-0.39, 0.29) is 0 Å². The maximum absolute atomic E-state index is 6.37. The van der Waals surface area contributed by atoms with Crippen molar-refractivity contribution in [3.05, 3.63) is 65.4 Å². The molecule has 0 spiro atoms. The molecule has 0 bridgehead atoms. The molecule has 3 rings (SSSR count). The van der Waals surface area contributed by atoms with Gasteiger partial charge in [0, 0.05) is 5.56 Å². The molecule has 0 aliphatic heterocycles. The van der Waals surface area contributed by atoms with Gasteiger partial charge in [-0.05, 0) is 49.6 Å². The van der Waals surface area contributed by atoms with Crippen LogP contribution in [0.25, 0.3) is 16.8 Å². The van der Waals surface area contributed by atoms with Crippen LogP contribution < -0.4 is 5.73 Å². The minimum atomic E-state index is 0.684. The van der Waals surface area contributed by atoms with Crippen molar-refractivity contribution in [3.8, 4) is 16.8 Å². The van der Waals surface area contributed by atoms with Crippen molar-refractivity contribution in [2.45, 2.75) is 20.8 Å². The quantitative estimate of drug-likeness (QED) is 0.768. The van der Waals surface area contributed by atoms with Gasteiger partial charge in [-0.1, -0.05) is 36.4 Å². The molecule has 0 radical (unpaired) electrons. The lowest BCUT2D eigenvalue weighted by atomic mass is 10.1. The van der Waals surface area contributed by atoms with Crippen LogP contribution in [-0.4, -0.2) is 9.78 Å². The average Bonchev–Trinajstić information content (AvgIpc) is 2.74. The molecule has 0 aliphatic carbocycles. The summed E-state index contributed by atoms with van der Waals surface area (Å²) in [7, 11) is 0. The Morgan fingerprint density at radius 2 is 1.52 bits per heavy atom. The topological polar surface area (TPSA) is 43.8 Å². The van der Waals surface area contributed by atoms with Crippen LogP contribution in [0.3, 0.4) is 0 Å². The van der Waals surface area contributed by atoms with Gasteiger partial charge in [0.1, 0.15) is 5.82 Å². The van der Waals surface area contributed by atoms with Gasteiger partial charge >= 0.3 is 0 Å². The number of anilines is 1. The van der Waals surface area contributed by atoms with Gasteiger partial charge in [-0.25, -0.2) is 4.68 Å². The monoisotopic (exact) mass is 277 g/mol. The summed E-state index contributed by atoms with van der Waals surface area (Å²) in [6.45, 7) is 6.17. The first-order valence-electron chi connectivity index (χ1n) is 7.05. The maximum atomic E-state index is 6.37. The van der Waals surface area contributed by atoms with Crippen LogP contribution in [0.1, 0.15) is 16.8 Å². The lowest BCUT2D eigenvalue weighted by Gasteiger charge is -2.08. The third-order valence-electron chi connectivity index (χ3n) is 3.61. The first kappa shape index (κ1) is 13.4. The third-order valence-corrected chi connectivity index (χ3v) is 3.61. The first-order chi connectivity index (χ1) is 10.1. The molecule has 2 aromatic carbocycles. The van der Waals surface area contributed by atoms with Crippen LogP contribution in [-0.2, 0) is 0 Å². The minimum Gasteiger partial charge on any atom is -0.383 e. The van der Waals surface area contributed by atoms with Crippen molar-refractivity contribution < 1.29 is 0 Å². The normalized spacial score (nSPS) is 10.8. The average molecular weight is 277 g/mol. The second-order valence-corrected chi connectivity index (χ2v) is 5.47. The molecule has 0 amide bonds. The van der Waals surface area contributed by atoms with Crippen molar-refractivity contribution in [1.29, 1.82) is 0 Å². The Morgan fingerprint density at radius 1 is 0.905 bits per heavy atom. The van der Waals surface area contributed by atoms with Gasteiger partial charge in [0.05, 0.1) is 11.4 Å². The molecule has 0 unspecified atom stereocenters. The van der Waals surface area contributed by atoms with Gasteiger partial charge in [0.25, 0.3) is 0 Å². The maximum Gasteiger partial charge on any atom is 0.135 e. The summed E-state index contributed by atoms with van der Waals surface area (Å²) in [6.07, 6.45) is 0. The highest BCUT2D eigenvalue weighted by atomic mass is 15.3. The number of aryl methyl sites for hydroxylation is 3. The highest BCUT2D eigenvalue weighted by Gasteiger charge is 2.15. The Balaban J connectivity index is 2.18. The van der Waals surface area contributed by atoms with E-state index >= 15 is 0 Å². The molecular formula is C18H19N3. The molecule has 0 atom stereocenters. The van der Waals surface area contributed by atoms with Gasteiger partial charge in [-0.2, -0.15) is 5.10 Å². The second-order valence-electron chi connectivity index (χ2n) is 5.47. The van der Waals surface area contributed by atoms with E-state index in [1.807, 2.05) is 29.8 Å². The number of aromatic nitrogens is 2. The SMILES string of the molecule is Cc1cc(C)cc(-n2nc(C)c(-c3ccccc3)c2N)c1. The molecule has 3 nitrogen and oxygen atoms in total. The highest BCUT2D eigenvalue weighted by molar-refractivity contribution is 5.77. The van der Waals surface area contributed by atoms with Gasteiger partial charge in [0.2, 0.25) is 0 Å². The first-order valence-corrected chi connectivity index (χ1v) is 7.05. The molecular weight excluding hydrogens is 258 g/mol. The fraction of sp³-hybridized carbons (Fsp3) is 0.167. The van der Waals surface area contributed by atoms with E-state index in [1.54, 1.807) is 0 Å². The lowest BCUT2D eigenvalue weighted by molar-refractivity contribution is 0.869. The summed E-state index contributed by atoms with van der Waals surface area (Å²) in [4.78, 5) is 0. The largest absolute Gasteiger partial charge is 0.383 e. The Morgan fingerprint density at radius 3 is 2.14 bits per heavy atom. The number of nitrogens with two attached hydrogens (primary N) is 1. The lowest BCUT2D eigenvalue weighted by Crippen LogP contribution is -2.03. The summed E-state index contributed by atoms with van der Waals surface area (Å²) in [5, 5.41) is 4.63. The van der Waals surface area contributed by atoms with Gasteiger partial charge in [0.15, 0.2) is 0 Å². The number of hydrogen-bond donors (Lipinski definition) is 1.